The van der Waals surface area contributed by atoms with E-state index < -0.39 is 0 Å². The van der Waals surface area contributed by atoms with Crippen molar-refractivity contribution in [3.05, 3.63) is 41.5 Å². The highest BCUT2D eigenvalue weighted by molar-refractivity contribution is 7.17. The molecule has 2 aliphatic heterocycles. The Morgan fingerprint density at radius 1 is 1.13 bits per heavy atom. The summed E-state index contributed by atoms with van der Waals surface area (Å²) in [7, 11) is 0. The predicted molar refractivity (Wildman–Crippen MR) is 128 cm³/mol. The Labute approximate surface area is 188 Å². The molecule has 31 heavy (non-hydrogen) atoms. The highest BCUT2D eigenvalue weighted by atomic mass is 32.1. The summed E-state index contributed by atoms with van der Waals surface area (Å²) in [5.74, 6) is 1.88. The number of rotatable bonds is 7. The minimum atomic E-state index is 0.580. The lowest BCUT2D eigenvalue weighted by atomic mass is 10.1. The van der Waals surface area contributed by atoms with Crippen molar-refractivity contribution in [2.45, 2.75) is 32.4 Å². The average Bonchev–Trinajstić information content (AvgIpc) is 3.45. The zero-order valence-electron chi connectivity index (χ0n) is 18.2. The lowest BCUT2D eigenvalue weighted by molar-refractivity contribution is 0.0331. The van der Waals surface area contributed by atoms with E-state index in [-0.39, 0.29) is 0 Å². The number of morpholine rings is 1. The maximum atomic E-state index is 5.50. The highest BCUT2D eigenvalue weighted by Crippen LogP contribution is 2.37. The Bertz CT molecular complexity index is 1000. The van der Waals surface area contributed by atoms with Crippen LogP contribution in [0.4, 0.5) is 5.82 Å². The van der Waals surface area contributed by atoms with Crippen LogP contribution in [0.2, 0.25) is 0 Å². The number of benzene rings is 1. The number of nitrogens with one attached hydrogen (secondary N) is 1. The van der Waals surface area contributed by atoms with Crippen molar-refractivity contribution >= 4 is 27.4 Å². The maximum Gasteiger partial charge on any atom is 0.146 e. The third-order valence-electron chi connectivity index (χ3n) is 6.44. The van der Waals surface area contributed by atoms with Crippen LogP contribution in [0.25, 0.3) is 21.3 Å². The van der Waals surface area contributed by atoms with E-state index in [0.29, 0.717) is 6.04 Å². The molecule has 1 aromatic carbocycles. The van der Waals surface area contributed by atoms with E-state index in [4.69, 9.17) is 14.7 Å². The first-order chi connectivity index (χ1) is 15.3. The number of likely N-dealkylation sites (N-methyl/N-ethyl adjacent to an activating group) is 1. The molecule has 2 saturated heterocycles. The summed E-state index contributed by atoms with van der Waals surface area (Å²) < 4.78 is 5.50. The van der Waals surface area contributed by atoms with Crippen LogP contribution in [0, 0.1) is 0 Å². The molecule has 0 unspecified atom stereocenters. The zero-order valence-corrected chi connectivity index (χ0v) is 19.0. The lowest BCUT2D eigenvalue weighted by Crippen LogP contribution is -2.36. The first-order valence-corrected chi connectivity index (χ1v) is 12.3. The summed E-state index contributed by atoms with van der Waals surface area (Å²) in [6.45, 7) is 9.75. The molecule has 1 atom stereocenters. The second-order valence-corrected chi connectivity index (χ2v) is 9.24. The monoisotopic (exact) mass is 437 g/mol. The summed E-state index contributed by atoms with van der Waals surface area (Å²) in [6, 6.07) is 11.2. The number of likely N-dealkylation sites (tertiary alicyclic amines) is 1. The number of aromatic nitrogens is 2. The van der Waals surface area contributed by atoms with E-state index in [9.17, 15) is 0 Å². The van der Waals surface area contributed by atoms with Gasteiger partial charge in [0.15, 0.2) is 0 Å². The maximum absolute atomic E-state index is 5.50. The van der Waals surface area contributed by atoms with Gasteiger partial charge in [0.2, 0.25) is 0 Å². The van der Waals surface area contributed by atoms with Crippen LogP contribution in [0.3, 0.4) is 0 Å². The molecular formula is C24H31N5OS. The van der Waals surface area contributed by atoms with Gasteiger partial charge >= 0.3 is 0 Å². The fourth-order valence-electron chi connectivity index (χ4n) is 4.73. The van der Waals surface area contributed by atoms with Gasteiger partial charge in [-0.05, 0) is 31.5 Å². The Kier molecular flexibility index (Phi) is 6.45. The predicted octanol–water partition coefficient (Wildman–Crippen LogP) is 4.09. The average molecular weight is 438 g/mol. The van der Waals surface area contributed by atoms with Crippen LogP contribution < -0.4 is 5.32 Å². The fourth-order valence-corrected chi connectivity index (χ4v) is 5.70. The van der Waals surface area contributed by atoms with Gasteiger partial charge in [-0.25, -0.2) is 9.97 Å². The molecule has 0 aliphatic carbocycles. The fraction of sp³-hybridized carbons (Fsp3) is 0.500. The minimum absolute atomic E-state index is 0.580. The van der Waals surface area contributed by atoms with Crippen LogP contribution in [0.15, 0.2) is 35.7 Å². The van der Waals surface area contributed by atoms with Crippen molar-refractivity contribution < 1.29 is 4.74 Å². The van der Waals surface area contributed by atoms with Crippen LogP contribution in [-0.4, -0.2) is 71.7 Å². The van der Waals surface area contributed by atoms with Gasteiger partial charge in [0, 0.05) is 36.6 Å². The smallest absolute Gasteiger partial charge is 0.146 e. The largest absolute Gasteiger partial charge is 0.379 e. The second-order valence-electron chi connectivity index (χ2n) is 8.38. The van der Waals surface area contributed by atoms with Crippen LogP contribution in [0.5, 0.6) is 0 Å². The molecule has 7 heteroatoms. The van der Waals surface area contributed by atoms with E-state index >= 15 is 0 Å². The SMILES string of the molecule is CCN1CCC[C@H]1CNc1nc(CN2CCOCC2)nc2scc(-c3ccccc3)c12. The summed E-state index contributed by atoms with van der Waals surface area (Å²) in [5, 5.41) is 7.12. The molecule has 5 rings (SSSR count). The molecule has 4 heterocycles. The van der Waals surface area contributed by atoms with Gasteiger partial charge in [-0.1, -0.05) is 37.3 Å². The molecule has 1 N–H and O–H groups in total. The van der Waals surface area contributed by atoms with Gasteiger partial charge < -0.3 is 10.1 Å². The number of anilines is 1. The molecule has 0 amide bonds. The van der Waals surface area contributed by atoms with Crippen molar-refractivity contribution in [1.82, 2.24) is 19.8 Å². The Hall–Kier alpha value is -2.06. The topological polar surface area (TPSA) is 53.5 Å². The highest BCUT2D eigenvalue weighted by Gasteiger charge is 2.24. The van der Waals surface area contributed by atoms with Crippen molar-refractivity contribution in [3.8, 4) is 11.1 Å². The van der Waals surface area contributed by atoms with Crippen LogP contribution in [-0.2, 0) is 11.3 Å². The number of hydrogen-bond acceptors (Lipinski definition) is 7. The summed E-state index contributed by atoms with van der Waals surface area (Å²) >= 11 is 1.72. The van der Waals surface area contributed by atoms with Gasteiger partial charge in [-0.3, -0.25) is 9.80 Å². The Balaban J connectivity index is 1.48. The Morgan fingerprint density at radius 2 is 1.97 bits per heavy atom. The quantitative estimate of drug-likeness (QED) is 0.601. The normalized spacial score (nSPS) is 20.5. The molecule has 6 nitrogen and oxygen atoms in total. The first-order valence-electron chi connectivity index (χ1n) is 11.4. The van der Waals surface area contributed by atoms with Gasteiger partial charge in [0.1, 0.15) is 16.5 Å². The molecule has 3 aromatic rings. The summed E-state index contributed by atoms with van der Waals surface area (Å²) in [4.78, 5) is 16.0. The molecule has 0 spiro atoms. The molecular weight excluding hydrogens is 406 g/mol. The number of fused-ring (bicyclic) bond motifs is 1. The number of hydrogen-bond donors (Lipinski definition) is 1. The first kappa shape index (κ1) is 20.8. The minimum Gasteiger partial charge on any atom is -0.379 e. The summed E-state index contributed by atoms with van der Waals surface area (Å²) in [6.07, 6.45) is 2.54. The van der Waals surface area contributed by atoms with Crippen molar-refractivity contribution in [3.63, 3.8) is 0 Å². The van der Waals surface area contributed by atoms with E-state index in [1.54, 1.807) is 11.3 Å². The van der Waals surface area contributed by atoms with Crippen molar-refractivity contribution in [1.29, 1.82) is 0 Å². The third kappa shape index (κ3) is 4.60. The second kappa shape index (κ2) is 9.61. The summed E-state index contributed by atoms with van der Waals surface area (Å²) in [5.41, 5.74) is 2.44. The van der Waals surface area contributed by atoms with Crippen molar-refractivity contribution in [2.75, 3.05) is 51.3 Å². The zero-order chi connectivity index (χ0) is 21.0. The van der Waals surface area contributed by atoms with Gasteiger partial charge in [-0.15, -0.1) is 11.3 Å². The molecule has 164 valence electrons. The van der Waals surface area contributed by atoms with E-state index in [0.717, 1.165) is 67.8 Å². The molecule has 0 radical (unpaired) electrons. The molecule has 0 saturated carbocycles. The lowest BCUT2D eigenvalue weighted by Gasteiger charge is -2.26. The standard InChI is InChI=1S/C24H31N5OS/c1-2-29-10-6-9-19(29)15-25-23-22-20(18-7-4-3-5-8-18)17-31-24(22)27-21(26-23)16-28-11-13-30-14-12-28/h3-5,7-8,17,19H,2,6,9-16H2,1H3,(H,25,26,27)/t19-/m0/s1. The van der Waals surface area contributed by atoms with Gasteiger partial charge in [0.05, 0.1) is 25.1 Å². The molecule has 2 aliphatic rings. The van der Waals surface area contributed by atoms with Gasteiger partial charge in [-0.2, -0.15) is 0 Å². The van der Waals surface area contributed by atoms with Crippen LogP contribution >= 0.6 is 11.3 Å². The van der Waals surface area contributed by atoms with Crippen LogP contribution in [0.1, 0.15) is 25.6 Å². The third-order valence-corrected chi connectivity index (χ3v) is 7.32. The number of thiophene rings is 1. The van der Waals surface area contributed by atoms with Crippen molar-refractivity contribution in [2.24, 2.45) is 0 Å². The molecule has 0 bridgehead atoms. The number of nitrogens with zero attached hydrogens (tertiary/aromatic N) is 4. The molecule has 2 aromatic heterocycles. The number of ether oxygens (including phenoxy) is 1. The molecule has 2 fully saturated rings. The van der Waals surface area contributed by atoms with E-state index in [1.165, 1.54) is 30.5 Å². The van der Waals surface area contributed by atoms with E-state index in [2.05, 4.69) is 57.8 Å². The van der Waals surface area contributed by atoms with E-state index in [1.807, 2.05) is 0 Å². The Morgan fingerprint density at radius 3 is 2.77 bits per heavy atom. The van der Waals surface area contributed by atoms with Gasteiger partial charge in [0.25, 0.3) is 0 Å².